The lowest BCUT2D eigenvalue weighted by molar-refractivity contribution is -0.124. The lowest BCUT2D eigenvalue weighted by Crippen LogP contribution is -2.24. The van der Waals surface area contributed by atoms with E-state index in [2.05, 4.69) is 15.9 Å². The van der Waals surface area contributed by atoms with E-state index in [1.165, 1.54) is 4.48 Å². The van der Waals surface area contributed by atoms with Crippen molar-refractivity contribution in [3.63, 3.8) is 0 Å². The summed E-state index contributed by atoms with van der Waals surface area (Å²) in [6.07, 6.45) is 4.92. The summed E-state index contributed by atoms with van der Waals surface area (Å²) < 4.78 is 1.20. The maximum absolute atomic E-state index is 11.7. The highest BCUT2D eigenvalue weighted by atomic mass is 79.9. The molecule has 0 bridgehead atoms. The summed E-state index contributed by atoms with van der Waals surface area (Å²) in [5, 5.41) is 0. The summed E-state index contributed by atoms with van der Waals surface area (Å²) in [7, 11) is 0. The average Bonchev–Trinajstić information content (AvgIpc) is 2.42. The van der Waals surface area contributed by atoms with Crippen LogP contribution in [0.3, 0.4) is 0 Å². The number of fused-ring (bicyclic) bond motifs is 1. The molecule has 0 N–H and O–H groups in total. The third-order valence-corrected chi connectivity index (χ3v) is 3.27. The number of rotatable bonds is 1. The first-order valence-electron chi connectivity index (χ1n) is 4.58. The quantitative estimate of drug-likeness (QED) is 0.689. The van der Waals surface area contributed by atoms with Gasteiger partial charge in [0, 0.05) is 24.6 Å². The molecule has 1 unspecified atom stereocenters. The molecule has 2 rings (SSSR count). The van der Waals surface area contributed by atoms with E-state index in [1.54, 1.807) is 0 Å². The number of hydrogen-bond acceptors (Lipinski definition) is 1. The summed E-state index contributed by atoms with van der Waals surface area (Å²) in [5.41, 5.74) is 0.991. The second-order valence-corrected chi connectivity index (χ2v) is 4.50. The summed E-state index contributed by atoms with van der Waals surface area (Å²) >= 11 is 3.47. The van der Waals surface area contributed by atoms with Crippen LogP contribution in [0.15, 0.2) is 22.2 Å². The molecule has 13 heavy (non-hydrogen) atoms. The van der Waals surface area contributed by atoms with Gasteiger partial charge < -0.3 is 4.90 Å². The van der Waals surface area contributed by atoms with E-state index in [1.807, 2.05) is 24.0 Å². The molecule has 1 amide bonds. The highest BCUT2D eigenvalue weighted by Gasteiger charge is 2.35. The van der Waals surface area contributed by atoms with Crippen molar-refractivity contribution < 1.29 is 4.79 Å². The fraction of sp³-hybridized carbons (Fsp3) is 0.500. The van der Waals surface area contributed by atoms with Gasteiger partial charge in [0.15, 0.2) is 0 Å². The minimum atomic E-state index is 0.226. The van der Waals surface area contributed by atoms with Crippen molar-refractivity contribution in [3.05, 3.63) is 22.2 Å². The number of likely N-dealkylation sites (N-methyl/N-ethyl adjacent to an activating group) is 1. The Morgan fingerprint density at radius 1 is 1.62 bits per heavy atom. The molecule has 0 aromatic carbocycles. The molecule has 1 atom stereocenters. The Morgan fingerprint density at radius 2 is 2.38 bits per heavy atom. The van der Waals surface area contributed by atoms with Crippen LogP contribution in [0.2, 0.25) is 0 Å². The van der Waals surface area contributed by atoms with Crippen molar-refractivity contribution in [2.75, 3.05) is 13.1 Å². The standard InChI is InChI=1S/C10H12BrNO/c1-2-12-6-7-5-8(11)3-4-9(7)10(12)13/h3-4,7H,2,5-6H2,1H3. The number of allylic oxidation sites excluding steroid dienone is 3. The van der Waals surface area contributed by atoms with E-state index < -0.39 is 0 Å². The predicted molar refractivity (Wildman–Crippen MR) is 55.5 cm³/mol. The zero-order chi connectivity index (χ0) is 9.42. The SMILES string of the molecule is CCN1CC2CC(Br)=CC=C2C1=O. The molecule has 70 valence electrons. The highest BCUT2D eigenvalue weighted by molar-refractivity contribution is 9.11. The predicted octanol–water partition coefficient (Wildman–Crippen LogP) is 2.07. The fourth-order valence-electron chi connectivity index (χ4n) is 1.94. The maximum Gasteiger partial charge on any atom is 0.250 e. The number of amides is 1. The van der Waals surface area contributed by atoms with Gasteiger partial charge in [-0.3, -0.25) is 4.79 Å². The second-order valence-electron chi connectivity index (χ2n) is 3.48. The lowest BCUT2D eigenvalue weighted by Gasteiger charge is -2.13. The van der Waals surface area contributed by atoms with Gasteiger partial charge >= 0.3 is 0 Å². The Bertz CT molecular complexity index is 306. The first-order valence-corrected chi connectivity index (χ1v) is 5.37. The van der Waals surface area contributed by atoms with Crippen LogP contribution in [0.5, 0.6) is 0 Å². The van der Waals surface area contributed by atoms with Gasteiger partial charge in [0.2, 0.25) is 5.91 Å². The van der Waals surface area contributed by atoms with Gasteiger partial charge in [-0.2, -0.15) is 0 Å². The summed E-state index contributed by atoms with van der Waals surface area (Å²) in [5.74, 6) is 0.649. The Hall–Kier alpha value is -0.570. The normalized spacial score (nSPS) is 27.1. The molecule has 0 aromatic heterocycles. The van der Waals surface area contributed by atoms with E-state index in [4.69, 9.17) is 0 Å². The van der Waals surface area contributed by atoms with Crippen molar-refractivity contribution in [1.82, 2.24) is 4.90 Å². The van der Waals surface area contributed by atoms with Gasteiger partial charge in [0.05, 0.1) is 0 Å². The molecular weight excluding hydrogens is 230 g/mol. The van der Waals surface area contributed by atoms with Gasteiger partial charge in [0.25, 0.3) is 0 Å². The Kier molecular flexibility index (Phi) is 2.28. The maximum atomic E-state index is 11.7. The lowest BCUT2D eigenvalue weighted by atomic mass is 9.94. The van der Waals surface area contributed by atoms with Crippen molar-refractivity contribution in [2.45, 2.75) is 13.3 Å². The molecule has 3 heteroatoms. The van der Waals surface area contributed by atoms with Crippen molar-refractivity contribution in [1.29, 1.82) is 0 Å². The van der Waals surface area contributed by atoms with E-state index in [-0.39, 0.29) is 5.91 Å². The second kappa shape index (κ2) is 3.29. The zero-order valence-electron chi connectivity index (χ0n) is 7.59. The third kappa shape index (κ3) is 1.46. The summed E-state index contributed by atoms with van der Waals surface area (Å²) in [4.78, 5) is 13.6. The molecule has 1 aliphatic heterocycles. The number of carbonyl (C=O) groups excluding carboxylic acids is 1. The smallest absolute Gasteiger partial charge is 0.250 e. The van der Waals surface area contributed by atoms with Crippen LogP contribution in [0, 0.1) is 5.92 Å². The number of hydrogen-bond donors (Lipinski definition) is 0. The molecule has 0 aromatic rings. The fourth-order valence-corrected chi connectivity index (χ4v) is 2.47. The molecule has 1 fully saturated rings. The molecule has 1 saturated heterocycles. The van der Waals surface area contributed by atoms with Gasteiger partial charge in [-0.1, -0.05) is 28.1 Å². The van der Waals surface area contributed by atoms with Crippen LogP contribution in [-0.4, -0.2) is 23.9 Å². The molecule has 2 aliphatic rings. The Labute approximate surface area is 86.4 Å². The van der Waals surface area contributed by atoms with Crippen LogP contribution in [0.1, 0.15) is 13.3 Å². The van der Waals surface area contributed by atoms with E-state index in [0.717, 1.165) is 25.1 Å². The number of halogens is 1. The largest absolute Gasteiger partial charge is 0.339 e. The van der Waals surface area contributed by atoms with Gasteiger partial charge in [0.1, 0.15) is 0 Å². The van der Waals surface area contributed by atoms with Crippen LogP contribution >= 0.6 is 15.9 Å². The molecule has 0 saturated carbocycles. The van der Waals surface area contributed by atoms with E-state index in [9.17, 15) is 4.79 Å². The summed E-state index contributed by atoms with van der Waals surface area (Å²) in [6, 6.07) is 0. The van der Waals surface area contributed by atoms with E-state index >= 15 is 0 Å². The molecule has 0 radical (unpaired) electrons. The monoisotopic (exact) mass is 241 g/mol. The molecule has 0 spiro atoms. The van der Waals surface area contributed by atoms with Crippen molar-refractivity contribution in [2.24, 2.45) is 5.92 Å². The first kappa shape index (κ1) is 9.00. The minimum absolute atomic E-state index is 0.226. The topological polar surface area (TPSA) is 20.3 Å². The van der Waals surface area contributed by atoms with Crippen molar-refractivity contribution >= 4 is 21.8 Å². The number of likely N-dealkylation sites (tertiary alicyclic amines) is 1. The van der Waals surface area contributed by atoms with Gasteiger partial charge in [-0.05, 0) is 17.8 Å². The zero-order valence-corrected chi connectivity index (χ0v) is 9.17. The molecule has 1 aliphatic carbocycles. The summed E-state index contributed by atoms with van der Waals surface area (Å²) in [6.45, 7) is 3.74. The van der Waals surface area contributed by atoms with Crippen LogP contribution in [0.4, 0.5) is 0 Å². The Balaban J connectivity index is 2.25. The third-order valence-electron chi connectivity index (χ3n) is 2.68. The molecule has 2 nitrogen and oxygen atoms in total. The number of carbonyl (C=O) groups is 1. The first-order chi connectivity index (χ1) is 6.22. The van der Waals surface area contributed by atoms with Crippen LogP contribution in [0.25, 0.3) is 0 Å². The molecule has 1 heterocycles. The van der Waals surface area contributed by atoms with Crippen LogP contribution in [-0.2, 0) is 4.79 Å². The minimum Gasteiger partial charge on any atom is -0.339 e. The highest BCUT2D eigenvalue weighted by Crippen LogP contribution is 2.34. The van der Waals surface area contributed by atoms with Crippen molar-refractivity contribution in [3.8, 4) is 0 Å². The number of nitrogens with zero attached hydrogens (tertiary/aromatic N) is 1. The Morgan fingerprint density at radius 3 is 3.08 bits per heavy atom. The van der Waals surface area contributed by atoms with Gasteiger partial charge in [-0.25, -0.2) is 0 Å². The average molecular weight is 242 g/mol. The molecular formula is C10H12BrNO. The van der Waals surface area contributed by atoms with Crippen LogP contribution < -0.4 is 0 Å². The van der Waals surface area contributed by atoms with Gasteiger partial charge in [-0.15, -0.1) is 0 Å². The van der Waals surface area contributed by atoms with E-state index in [0.29, 0.717) is 5.92 Å².